The van der Waals surface area contributed by atoms with Crippen LogP contribution in [0.3, 0.4) is 0 Å². The van der Waals surface area contributed by atoms with E-state index in [4.69, 9.17) is 16.3 Å². The quantitative estimate of drug-likeness (QED) is 0.499. The molecule has 0 saturated carbocycles. The Bertz CT molecular complexity index is 548. The minimum atomic E-state index is -0.617. The molecule has 2 rings (SSSR count). The van der Waals surface area contributed by atoms with Gasteiger partial charge in [0, 0.05) is 32.7 Å². The van der Waals surface area contributed by atoms with E-state index in [0.29, 0.717) is 19.7 Å². The maximum absolute atomic E-state index is 12.3. The standard InChI is InChI=1S/C12H15ClN4O4/c1-16(7-9-6-14-2-3-21-9)12(18)10-4-8(17(19)20)5-15-11(10)13/h4-5,9,14H,2-3,6-7H2,1H3. The first kappa shape index (κ1) is 15.6. The second-order valence-electron chi connectivity index (χ2n) is 4.67. The molecule has 1 fully saturated rings. The minimum Gasteiger partial charge on any atom is -0.374 e. The summed E-state index contributed by atoms with van der Waals surface area (Å²) in [7, 11) is 1.59. The second kappa shape index (κ2) is 6.79. The number of nitrogens with zero attached hydrogens (tertiary/aromatic N) is 3. The van der Waals surface area contributed by atoms with Crippen LogP contribution in [0.15, 0.2) is 12.3 Å². The van der Waals surface area contributed by atoms with Crippen LogP contribution in [0.1, 0.15) is 10.4 Å². The highest BCUT2D eigenvalue weighted by Crippen LogP contribution is 2.20. The maximum atomic E-state index is 12.3. The predicted molar refractivity (Wildman–Crippen MR) is 75.5 cm³/mol. The fraction of sp³-hybridized carbons (Fsp3) is 0.500. The Balaban J connectivity index is 2.10. The molecule has 0 spiro atoms. The Hall–Kier alpha value is -1.77. The van der Waals surface area contributed by atoms with Gasteiger partial charge in [-0.1, -0.05) is 11.6 Å². The number of hydrogen-bond donors (Lipinski definition) is 1. The lowest BCUT2D eigenvalue weighted by Crippen LogP contribution is -2.45. The summed E-state index contributed by atoms with van der Waals surface area (Å²) in [4.78, 5) is 27.5. The van der Waals surface area contributed by atoms with Gasteiger partial charge >= 0.3 is 0 Å². The molecule has 1 aliphatic rings. The van der Waals surface area contributed by atoms with Crippen LogP contribution in [0.25, 0.3) is 0 Å². The summed E-state index contributed by atoms with van der Waals surface area (Å²) in [6, 6.07) is 1.13. The Morgan fingerprint density at radius 2 is 2.48 bits per heavy atom. The number of pyridine rings is 1. The van der Waals surface area contributed by atoms with Crippen LogP contribution in [-0.4, -0.2) is 60.1 Å². The van der Waals surface area contributed by atoms with Crippen LogP contribution in [0.4, 0.5) is 5.69 Å². The number of carbonyl (C=O) groups is 1. The van der Waals surface area contributed by atoms with E-state index in [1.54, 1.807) is 7.05 Å². The highest BCUT2D eigenvalue weighted by Gasteiger charge is 2.23. The third-order valence-corrected chi connectivity index (χ3v) is 3.40. The highest BCUT2D eigenvalue weighted by atomic mass is 35.5. The molecular weight excluding hydrogens is 300 g/mol. The largest absolute Gasteiger partial charge is 0.374 e. The van der Waals surface area contributed by atoms with Crippen LogP contribution in [0.5, 0.6) is 0 Å². The van der Waals surface area contributed by atoms with Crippen molar-refractivity contribution in [2.75, 3.05) is 33.3 Å². The normalized spacial score (nSPS) is 18.3. The number of amides is 1. The van der Waals surface area contributed by atoms with Gasteiger partial charge in [-0.3, -0.25) is 14.9 Å². The van der Waals surface area contributed by atoms with Crippen molar-refractivity contribution in [2.45, 2.75) is 6.10 Å². The lowest BCUT2D eigenvalue weighted by atomic mass is 10.2. The summed E-state index contributed by atoms with van der Waals surface area (Å²) >= 11 is 5.86. The Labute approximate surface area is 126 Å². The van der Waals surface area contributed by atoms with Crippen molar-refractivity contribution in [3.8, 4) is 0 Å². The lowest BCUT2D eigenvalue weighted by molar-refractivity contribution is -0.385. The molecule has 0 aliphatic carbocycles. The maximum Gasteiger partial charge on any atom is 0.288 e. The molecule has 1 atom stereocenters. The Morgan fingerprint density at radius 3 is 3.10 bits per heavy atom. The molecule has 0 radical (unpaired) electrons. The van der Waals surface area contributed by atoms with Crippen LogP contribution in [0, 0.1) is 10.1 Å². The molecular formula is C12H15ClN4O4. The third kappa shape index (κ3) is 3.87. The number of nitrogens with one attached hydrogen (secondary N) is 1. The average molecular weight is 315 g/mol. The smallest absolute Gasteiger partial charge is 0.288 e. The zero-order chi connectivity index (χ0) is 15.4. The number of carbonyl (C=O) groups excluding carboxylic acids is 1. The number of morpholine rings is 1. The molecule has 1 unspecified atom stereocenters. The molecule has 0 aromatic carbocycles. The molecule has 1 saturated heterocycles. The molecule has 114 valence electrons. The summed E-state index contributed by atoms with van der Waals surface area (Å²) in [5.41, 5.74) is -0.260. The summed E-state index contributed by atoms with van der Waals surface area (Å²) in [6.07, 6.45) is 0.908. The van der Waals surface area contributed by atoms with E-state index < -0.39 is 10.8 Å². The first-order valence-electron chi connectivity index (χ1n) is 6.36. The second-order valence-corrected chi connectivity index (χ2v) is 5.03. The van der Waals surface area contributed by atoms with Crippen molar-refractivity contribution >= 4 is 23.2 Å². The highest BCUT2D eigenvalue weighted by molar-refractivity contribution is 6.32. The van der Waals surface area contributed by atoms with E-state index in [1.807, 2.05) is 0 Å². The molecule has 1 N–H and O–H groups in total. The van der Waals surface area contributed by atoms with Crippen molar-refractivity contribution < 1.29 is 14.5 Å². The predicted octanol–water partition coefficient (Wildman–Crippen LogP) is 0.704. The molecule has 21 heavy (non-hydrogen) atoms. The number of aromatic nitrogens is 1. The molecule has 1 aromatic heterocycles. The first-order valence-corrected chi connectivity index (χ1v) is 6.74. The van der Waals surface area contributed by atoms with Gasteiger partial charge in [-0.15, -0.1) is 0 Å². The summed E-state index contributed by atoms with van der Waals surface area (Å²) < 4.78 is 5.51. The van der Waals surface area contributed by atoms with E-state index in [1.165, 1.54) is 4.90 Å². The average Bonchev–Trinajstić information content (AvgIpc) is 2.47. The van der Waals surface area contributed by atoms with Gasteiger partial charge in [-0.2, -0.15) is 0 Å². The van der Waals surface area contributed by atoms with E-state index in [0.717, 1.165) is 18.8 Å². The number of ether oxygens (including phenoxy) is 1. The topological polar surface area (TPSA) is 97.6 Å². The molecule has 1 amide bonds. The van der Waals surface area contributed by atoms with Gasteiger partial charge in [0.25, 0.3) is 11.6 Å². The van der Waals surface area contributed by atoms with Crippen molar-refractivity contribution in [1.29, 1.82) is 0 Å². The Morgan fingerprint density at radius 1 is 1.71 bits per heavy atom. The van der Waals surface area contributed by atoms with Gasteiger partial charge < -0.3 is 15.0 Å². The van der Waals surface area contributed by atoms with E-state index in [9.17, 15) is 14.9 Å². The molecule has 0 bridgehead atoms. The van der Waals surface area contributed by atoms with Gasteiger partial charge in [0.05, 0.1) is 23.2 Å². The van der Waals surface area contributed by atoms with Gasteiger partial charge in [-0.05, 0) is 0 Å². The van der Waals surface area contributed by atoms with E-state index >= 15 is 0 Å². The number of halogens is 1. The fourth-order valence-corrected chi connectivity index (χ4v) is 2.20. The summed E-state index contributed by atoms with van der Waals surface area (Å²) in [6.45, 7) is 2.39. The van der Waals surface area contributed by atoms with Gasteiger partial charge in [0.1, 0.15) is 11.3 Å². The molecule has 9 heteroatoms. The van der Waals surface area contributed by atoms with Gasteiger partial charge in [-0.25, -0.2) is 4.98 Å². The molecule has 8 nitrogen and oxygen atoms in total. The molecule has 1 aromatic rings. The van der Waals surface area contributed by atoms with Crippen LogP contribution in [-0.2, 0) is 4.74 Å². The third-order valence-electron chi connectivity index (χ3n) is 3.09. The van der Waals surface area contributed by atoms with Crippen LogP contribution >= 0.6 is 11.6 Å². The number of nitro groups is 1. The fourth-order valence-electron chi connectivity index (χ4n) is 2.02. The summed E-state index contributed by atoms with van der Waals surface area (Å²) in [5, 5.41) is 13.9. The Kier molecular flexibility index (Phi) is 5.05. The van der Waals surface area contributed by atoms with Crippen LogP contribution in [0.2, 0.25) is 5.15 Å². The van der Waals surface area contributed by atoms with E-state index in [2.05, 4.69) is 10.3 Å². The monoisotopic (exact) mass is 314 g/mol. The van der Waals surface area contributed by atoms with E-state index in [-0.39, 0.29) is 22.5 Å². The molecule has 1 aliphatic heterocycles. The number of rotatable bonds is 4. The minimum absolute atomic E-state index is 0.0112. The van der Waals surface area contributed by atoms with Gasteiger partial charge in [0.15, 0.2) is 0 Å². The van der Waals surface area contributed by atoms with Crippen molar-refractivity contribution in [3.05, 3.63) is 33.1 Å². The summed E-state index contributed by atoms with van der Waals surface area (Å²) in [5.74, 6) is -0.426. The zero-order valence-corrected chi connectivity index (χ0v) is 12.2. The van der Waals surface area contributed by atoms with Crippen molar-refractivity contribution in [3.63, 3.8) is 0 Å². The first-order chi connectivity index (χ1) is 9.99. The van der Waals surface area contributed by atoms with Gasteiger partial charge in [0.2, 0.25) is 0 Å². The zero-order valence-electron chi connectivity index (χ0n) is 11.4. The number of hydrogen-bond acceptors (Lipinski definition) is 6. The number of likely N-dealkylation sites (N-methyl/N-ethyl adjacent to an activating group) is 1. The van der Waals surface area contributed by atoms with Crippen molar-refractivity contribution in [1.82, 2.24) is 15.2 Å². The van der Waals surface area contributed by atoms with Crippen LogP contribution < -0.4 is 5.32 Å². The molecule has 2 heterocycles. The van der Waals surface area contributed by atoms with Crippen molar-refractivity contribution in [2.24, 2.45) is 0 Å². The lowest BCUT2D eigenvalue weighted by Gasteiger charge is -2.28. The SMILES string of the molecule is CN(CC1CNCCO1)C(=O)c1cc([N+](=O)[O-])cnc1Cl.